The Morgan fingerprint density at radius 1 is 1.07 bits per heavy atom. The molecule has 0 heterocycles. The van der Waals surface area contributed by atoms with E-state index in [0.29, 0.717) is 18.0 Å². The van der Waals surface area contributed by atoms with Gasteiger partial charge in [-0.25, -0.2) is 0 Å². The van der Waals surface area contributed by atoms with Gasteiger partial charge in [-0.1, -0.05) is 12.1 Å². The molecule has 0 unspecified atom stereocenters. The van der Waals surface area contributed by atoms with E-state index in [0.717, 1.165) is 5.56 Å². The number of carbonyl (C=O) groups excluding carboxylic acids is 2. The lowest BCUT2D eigenvalue weighted by Gasteiger charge is -2.13. The van der Waals surface area contributed by atoms with E-state index in [4.69, 9.17) is 9.47 Å². The van der Waals surface area contributed by atoms with Gasteiger partial charge in [0.25, 0.3) is 11.8 Å². The molecule has 0 radical (unpaired) electrons. The number of benzene rings is 2. The van der Waals surface area contributed by atoms with Crippen molar-refractivity contribution in [1.29, 1.82) is 0 Å². The number of nitrogens with one attached hydrogen (secondary N) is 2. The van der Waals surface area contributed by atoms with Crippen molar-refractivity contribution in [3.8, 4) is 17.2 Å². The zero-order valence-electron chi connectivity index (χ0n) is 16.0. The number of hydrogen-bond donors (Lipinski definition) is 2. The molecule has 2 aromatic rings. The van der Waals surface area contributed by atoms with Crippen molar-refractivity contribution < 1.29 is 32.6 Å². The van der Waals surface area contributed by atoms with Crippen LogP contribution in [0.4, 0.5) is 8.78 Å². The first-order chi connectivity index (χ1) is 13.9. The van der Waals surface area contributed by atoms with Crippen LogP contribution in [0.15, 0.2) is 42.5 Å². The Morgan fingerprint density at radius 3 is 2.55 bits per heavy atom. The number of rotatable bonds is 10. The minimum atomic E-state index is -2.96. The van der Waals surface area contributed by atoms with E-state index in [1.54, 1.807) is 18.2 Å². The zero-order chi connectivity index (χ0) is 21.2. The summed E-state index contributed by atoms with van der Waals surface area (Å²) in [5.74, 6) is 0.0196. The quantitative estimate of drug-likeness (QED) is 0.632. The van der Waals surface area contributed by atoms with Gasteiger partial charge in [0.1, 0.15) is 5.75 Å². The highest BCUT2D eigenvalue weighted by molar-refractivity contribution is 5.94. The normalized spacial score (nSPS) is 10.4. The molecule has 0 aliphatic rings. The molecule has 9 heteroatoms. The number of ether oxygens (including phenoxy) is 3. The molecule has 0 bridgehead atoms. The second-order valence-corrected chi connectivity index (χ2v) is 5.82. The Morgan fingerprint density at radius 2 is 1.86 bits per heavy atom. The molecule has 0 aromatic heterocycles. The van der Waals surface area contributed by atoms with E-state index < -0.39 is 12.5 Å². The fourth-order valence-electron chi connectivity index (χ4n) is 2.43. The Kier molecular flexibility index (Phi) is 8.20. The van der Waals surface area contributed by atoms with E-state index in [1.165, 1.54) is 31.4 Å². The lowest BCUT2D eigenvalue weighted by Crippen LogP contribution is -2.28. The van der Waals surface area contributed by atoms with Crippen LogP contribution in [0, 0.1) is 0 Å². The predicted molar refractivity (Wildman–Crippen MR) is 101 cm³/mol. The van der Waals surface area contributed by atoms with Gasteiger partial charge >= 0.3 is 6.61 Å². The molecule has 0 saturated carbocycles. The number of likely N-dealkylation sites (N-methyl/N-ethyl adjacent to an activating group) is 1. The summed E-state index contributed by atoms with van der Waals surface area (Å²) in [4.78, 5) is 23.8. The maximum absolute atomic E-state index is 12.3. The van der Waals surface area contributed by atoms with E-state index in [-0.39, 0.29) is 30.4 Å². The van der Waals surface area contributed by atoms with E-state index in [2.05, 4.69) is 15.4 Å². The highest BCUT2D eigenvalue weighted by Crippen LogP contribution is 2.28. The third-order valence-electron chi connectivity index (χ3n) is 3.74. The molecule has 29 heavy (non-hydrogen) atoms. The number of amides is 2. The fourth-order valence-corrected chi connectivity index (χ4v) is 2.43. The summed E-state index contributed by atoms with van der Waals surface area (Å²) in [5, 5.41) is 5.32. The number of methoxy groups -OCH3 is 1. The van der Waals surface area contributed by atoms with Gasteiger partial charge in [0.15, 0.2) is 18.1 Å². The highest BCUT2D eigenvalue weighted by Gasteiger charge is 2.11. The Labute approximate surface area is 167 Å². The van der Waals surface area contributed by atoms with Gasteiger partial charge in [-0.3, -0.25) is 9.59 Å². The molecule has 156 valence electrons. The molecular formula is C20H22F2N2O5. The van der Waals surface area contributed by atoms with Crippen LogP contribution in [0.5, 0.6) is 17.2 Å². The summed E-state index contributed by atoms with van der Waals surface area (Å²) in [6.45, 7) is -0.614. The number of carbonyl (C=O) groups is 2. The fraction of sp³-hybridized carbons (Fsp3) is 0.300. The first kappa shape index (κ1) is 21.9. The number of hydrogen-bond acceptors (Lipinski definition) is 5. The van der Waals surface area contributed by atoms with Crippen molar-refractivity contribution in [2.24, 2.45) is 0 Å². The molecule has 0 atom stereocenters. The molecule has 2 rings (SSSR count). The van der Waals surface area contributed by atoms with E-state index in [9.17, 15) is 18.4 Å². The topological polar surface area (TPSA) is 85.9 Å². The van der Waals surface area contributed by atoms with Crippen LogP contribution in [0.1, 0.15) is 22.8 Å². The number of alkyl halides is 2. The second-order valence-electron chi connectivity index (χ2n) is 5.82. The Bertz CT molecular complexity index is 845. The molecule has 2 N–H and O–H groups in total. The van der Waals surface area contributed by atoms with Crippen LogP contribution >= 0.6 is 0 Å². The minimum Gasteiger partial charge on any atom is -0.493 e. The molecule has 0 spiro atoms. The lowest BCUT2D eigenvalue weighted by atomic mass is 10.1. The molecule has 0 aliphatic carbocycles. The molecular weight excluding hydrogens is 386 g/mol. The summed E-state index contributed by atoms with van der Waals surface area (Å²) in [6, 6.07) is 10.5. The van der Waals surface area contributed by atoms with Crippen molar-refractivity contribution in [3.63, 3.8) is 0 Å². The maximum Gasteiger partial charge on any atom is 0.387 e. The molecule has 0 saturated heterocycles. The molecule has 0 aliphatic heterocycles. The minimum absolute atomic E-state index is 0.0945. The summed E-state index contributed by atoms with van der Waals surface area (Å²) in [6.07, 6.45) is 0. The third kappa shape index (κ3) is 6.95. The summed E-state index contributed by atoms with van der Waals surface area (Å²) >= 11 is 0. The van der Waals surface area contributed by atoms with Gasteiger partial charge in [0.05, 0.1) is 7.11 Å². The van der Waals surface area contributed by atoms with Crippen molar-refractivity contribution in [3.05, 3.63) is 53.6 Å². The Balaban J connectivity index is 1.98. The second kappa shape index (κ2) is 10.8. The predicted octanol–water partition coefficient (Wildman–Crippen LogP) is 2.74. The molecule has 2 amide bonds. The number of halogens is 2. The van der Waals surface area contributed by atoms with E-state index >= 15 is 0 Å². The third-order valence-corrected chi connectivity index (χ3v) is 3.74. The van der Waals surface area contributed by atoms with Crippen molar-refractivity contribution in [2.75, 3.05) is 20.3 Å². The van der Waals surface area contributed by atoms with Gasteiger partial charge < -0.3 is 24.8 Å². The maximum atomic E-state index is 12.3. The van der Waals surface area contributed by atoms with Crippen molar-refractivity contribution >= 4 is 11.8 Å². The largest absolute Gasteiger partial charge is 0.493 e. The first-order valence-corrected chi connectivity index (χ1v) is 8.82. The van der Waals surface area contributed by atoms with Crippen LogP contribution in [-0.2, 0) is 11.3 Å². The SMILES string of the molecule is CCNC(=O)COc1ccc(CNC(=O)c2cccc(OC(F)F)c2)cc1OC. The Hall–Kier alpha value is -3.36. The summed E-state index contributed by atoms with van der Waals surface area (Å²) in [7, 11) is 1.46. The average Bonchev–Trinajstić information content (AvgIpc) is 2.70. The highest BCUT2D eigenvalue weighted by atomic mass is 19.3. The van der Waals surface area contributed by atoms with E-state index in [1.807, 2.05) is 6.92 Å². The van der Waals surface area contributed by atoms with Gasteiger partial charge in [-0.2, -0.15) is 8.78 Å². The van der Waals surface area contributed by atoms with Crippen LogP contribution in [-0.4, -0.2) is 38.7 Å². The van der Waals surface area contributed by atoms with Crippen molar-refractivity contribution in [1.82, 2.24) is 10.6 Å². The van der Waals surface area contributed by atoms with Crippen LogP contribution in [0.2, 0.25) is 0 Å². The van der Waals surface area contributed by atoms with Crippen LogP contribution in [0.25, 0.3) is 0 Å². The average molecular weight is 408 g/mol. The monoisotopic (exact) mass is 408 g/mol. The van der Waals surface area contributed by atoms with Gasteiger partial charge in [0, 0.05) is 18.7 Å². The van der Waals surface area contributed by atoms with Gasteiger partial charge in [0.2, 0.25) is 0 Å². The standard InChI is InChI=1S/C20H22F2N2O5/c1-3-23-18(25)12-28-16-8-7-13(9-17(16)27-2)11-24-19(26)14-5-4-6-15(10-14)29-20(21)22/h4-10,20H,3,11-12H2,1-2H3,(H,23,25)(H,24,26). The smallest absolute Gasteiger partial charge is 0.387 e. The van der Waals surface area contributed by atoms with Crippen molar-refractivity contribution in [2.45, 2.75) is 20.1 Å². The summed E-state index contributed by atoms with van der Waals surface area (Å²) < 4.78 is 39.6. The lowest BCUT2D eigenvalue weighted by molar-refractivity contribution is -0.123. The molecule has 7 nitrogen and oxygen atoms in total. The zero-order valence-corrected chi connectivity index (χ0v) is 16.0. The van der Waals surface area contributed by atoms with Gasteiger partial charge in [-0.05, 0) is 42.8 Å². The molecule has 2 aromatic carbocycles. The van der Waals surface area contributed by atoms with Crippen LogP contribution < -0.4 is 24.8 Å². The molecule has 0 fully saturated rings. The summed E-state index contributed by atoms with van der Waals surface area (Å²) in [5.41, 5.74) is 0.914. The van der Waals surface area contributed by atoms with Crippen LogP contribution in [0.3, 0.4) is 0 Å². The first-order valence-electron chi connectivity index (χ1n) is 8.82. The van der Waals surface area contributed by atoms with Gasteiger partial charge in [-0.15, -0.1) is 0 Å².